The van der Waals surface area contributed by atoms with E-state index in [4.69, 9.17) is 42.6 Å². The van der Waals surface area contributed by atoms with E-state index in [-0.39, 0.29) is 0 Å². The van der Waals surface area contributed by atoms with Crippen molar-refractivity contribution in [1.82, 2.24) is 0 Å². The van der Waals surface area contributed by atoms with Crippen LogP contribution in [0.5, 0.6) is 0 Å². The number of alkyl halides is 1. The lowest BCUT2D eigenvalue weighted by Crippen LogP contribution is -2.15. The summed E-state index contributed by atoms with van der Waals surface area (Å²) in [7, 11) is 0. The standard InChI is InChI=1S/C31H63IO9/c1-2-3-4-5-6-7-8-9-10-11-12-14-33-16-18-35-20-22-37-24-26-39-28-30-41-31-29-40-27-25-38-23-21-36-19-17-34-15-13-32/h2-31H2,1H3. The summed E-state index contributed by atoms with van der Waals surface area (Å²) in [5, 5.41) is 0. The molecule has 0 aromatic heterocycles. The minimum absolute atomic E-state index is 0.542. The molecule has 0 saturated heterocycles. The van der Waals surface area contributed by atoms with Crippen LogP contribution in [0, 0.1) is 0 Å². The zero-order valence-electron chi connectivity index (χ0n) is 26.3. The molecule has 0 heterocycles. The van der Waals surface area contributed by atoms with Gasteiger partial charge in [-0.15, -0.1) is 0 Å². The second-order valence-corrected chi connectivity index (χ2v) is 10.8. The quantitative estimate of drug-likeness (QED) is 0.0444. The van der Waals surface area contributed by atoms with Gasteiger partial charge in [0.25, 0.3) is 0 Å². The summed E-state index contributed by atoms with van der Waals surface area (Å²) in [5.74, 6) is 0. The Morgan fingerprint density at radius 3 is 0.756 bits per heavy atom. The number of hydrogen-bond acceptors (Lipinski definition) is 9. The van der Waals surface area contributed by atoms with Gasteiger partial charge in [0.15, 0.2) is 0 Å². The first-order chi connectivity index (χ1) is 20.4. The van der Waals surface area contributed by atoms with E-state index in [2.05, 4.69) is 29.5 Å². The van der Waals surface area contributed by atoms with Gasteiger partial charge in [0.1, 0.15) is 0 Å². The van der Waals surface area contributed by atoms with Gasteiger partial charge >= 0.3 is 0 Å². The van der Waals surface area contributed by atoms with Crippen LogP contribution in [0.4, 0.5) is 0 Å². The van der Waals surface area contributed by atoms with Gasteiger partial charge in [-0.3, -0.25) is 0 Å². The summed E-state index contributed by atoms with van der Waals surface area (Å²) in [6.07, 6.45) is 14.9. The number of halogens is 1. The molecule has 0 aliphatic rings. The largest absolute Gasteiger partial charge is 0.379 e. The van der Waals surface area contributed by atoms with Crippen molar-refractivity contribution in [2.45, 2.75) is 77.6 Å². The normalized spacial score (nSPS) is 11.6. The van der Waals surface area contributed by atoms with Crippen LogP contribution >= 0.6 is 22.6 Å². The zero-order chi connectivity index (χ0) is 29.6. The molecule has 0 spiro atoms. The van der Waals surface area contributed by atoms with E-state index in [9.17, 15) is 0 Å². The highest BCUT2D eigenvalue weighted by molar-refractivity contribution is 14.1. The summed E-state index contributed by atoms with van der Waals surface area (Å²) in [5.41, 5.74) is 0. The summed E-state index contributed by atoms with van der Waals surface area (Å²) in [4.78, 5) is 0. The third-order valence-corrected chi connectivity index (χ3v) is 6.53. The first-order valence-corrected chi connectivity index (χ1v) is 17.7. The molecule has 0 aliphatic carbocycles. The topological polar surface area (TPSA) is 83.1 Å². The molecule has 0 aromatic carbocycles. The third-order valence-electron chi connectivity index (χ3n) is 6.09. The Labute approximate surface area is 265 Å². The number of unbranched alkanes of at least 4 members (excludes halogenated alkanes) is 10. The zero-order valence-corrected chi connectivity index (χ0v) is 28.4. The van der Waals surface area contributed by atoms with Gasteiger partial charge < -0.3 is 42.6 Å². The molecule has 0 rings (SSSR count). The molecule has 0 saturated carbocycles. The minimum atomic E-state index is 0.542. The van der Waals surface area contributed by atoms with Gasteiger partial charge in [0, 0.05) is 11.0 Å². The van der Waals surface area contributed by atoms with Crippen LogP contribution in [0.25, 0.3) is 0 Å². The fourth-order valence-electron chi connectivity index (χ4n) is 3.78. The van der Waals surface area contributed by atoms with Crippen molar-refractivity contribution < 1.29 is 42.6 Å². The minimum Gasteiger partial charge on any atom is -0.379 e. The molecule has 0 aliphatic heterocycles. The lowest BCUT2D eigenvalue weighted by Gasteiger charge is -2.09. The summed E-state index contributed by atoms with van der Waals surface area (Å²) >= 11 is 2.28. The van der Waals surface area contributed by atoms with Crippen molar-refractivity contribution >= 4 is 22.6 Å². The Balaban J connectivity index is 3.02. The SMILES string of the molecule is CCCCCCCCCCCCCOCCOCCOCCOCCOCCOCCOCCOCCOCCI. The van der Waals surface area contributed by atoms with Crippen molar-refractivity contribution in [2.24, 2.45) is 0 Å². The van der Waals surface area contributed by atoms with Crippen molar-refractivity contribution in [3.8, 4) is 0 Å². The number of rotatable bonds is 38. The van der Waals surface area contributed by atoms with Gasteiger partial charge in [0.05, 0.1) is 112 Å². The Morgan fingerprint density at radius 2 is 0.488 bits per heavy atom. The predicted octanol–water partition coefficient (Wildman–Crippen LogP) is 5.88. The molecule has 9 nitrogen and oxygen atoms in total. The highest BCUT2D eigenvalue weighted by Gasteiger charge is 1.97. The molecule has 0 atom stereocenters. The summed E-state index contributed by atoms with van der Waals surface area (Å²) < 4.78 is 50.3. The van der Waals surface area contributed by atoms with Crippen molar-refractivity contribution in [3.05, 3.63) is 0 Å². The average molecular weight is 707 g/mol. The number of ether oxygens (including phenoxy) is 9. The summed E-state index contributed by atoms with van der Waals surface area (Å²) in [6.45, 7) is 13.1. The van der Waals surface area contributed by atoms with Gasteiger partial charge in [0.2, 0.25) is 0 Å². The first kappa shape index (κ1) is 41.4. The fourth-order valence-corrected chi connectivity index (χ4v) is 4.10. The number of hydrogen-bond donors (Lipinski definition) is 0. The van der Waals surface area contributed by atoms with E-state index in [0.717, 1.165) is 24.1 Å². The van der Waals surface area contributed by atoms with Gasteiger partial charge in [-0.25, -0.2) is 0 Å². The Hall–Kier alpha value is 0.370. The van der Waals surface area contributed by atoms with Crippen LogP contribution in [-0.2, 0) is 42.6 Å². The van der Waals surface area contributed by atoms with E-state index in [1.807, 2.05) is 0 Å². The molecule has 10 heteroatoms. The van der Waals surface area contributed by atoms with Crippen LogP contribution < -0.4 is 0 Å². The third kappa shape index (κ3) is 40.4. The molecule has 0 fully saturated rings. The molecule has 0 radical (unpaired) electrons. The predicted molar refractivity (Wildman–Crippen MR) is 173 cm³/mol. The molecular weight excluding hydrogens is 643 g/mol. The second-order valence-electron chi connectivity index (χ2n) is 9.74. The van der Waals surface area contributed by atoms with E-state index in [1.165, 1.54) is 64.2 Å². The molecule has 0 unspecified atom stereocenters. The Morgan fingerprint density at radius 1 is 0.268 bits per heavy atom. The van der Waals surface area contributed by atoms with Crippen LogP contribution in [0.15, 0.2) is 0 Å². The van der Waals surface area contributed by atoms with E-state index < -0.39 is 0 Å². The smallest absolute Gasteiger partial charge is 0.0701 e. The van der Waals surface area contributed by atoms with Crippen molar-refractivity contribution in [2.75, 3.05) is 123 Å². The maximum Gasteiger partial charge on any atom is 0.0701 e. The molecule has 0 N–H and O–H groups in total. The van der Waals surface area contributed by atoms with Crippen molar-refractivity contribution in [3.63, 3.8) is 0 Å². The molecular formula is C31H63IO9. The van der Waals surface area contributed by atoms with Crippen LogP contribution in [0.2, 0.25) is 0 Å². The molecule has 41 heavy (non-hydrogen) atoms. The first-order valence-electron chi connectivity index (χ1n) is 16.2. The molecule has 0 amide bonds. The lowest BCUT2D eigenvalue weighted by molar-refractivity contribution is -0.0248. The highest BCUT2D eigenvalue weighted by atomic mass is 127. The molecule has 248 valence electrons. The van der Waals surface area contributed by atoms with E-state index in [0.29, 0.717) is 106 Å². The van der Waals surface area contributed by atoms with Crippen LogP contribution in [-0.4, -0.2) is 123 Å². The Kier molecular flexibility index (Phi) is 40.7. The van der Waals surface area contributed by atoms with E-state index >= 15 is 0 Å². The maximum absolute atomic E-state index is 5.65. The monoisotopic (exact) mass is 706 g/mol. The Bertz CT molecular complexity index is 412. The lowest BCUT2D eigenvalue weighted by atomic mass is 10.1. The van der Waals surface area contributed by atoms with E-state index in [1.54, 1.807) is 0 Å². The molecule has 0 aromatic rings. The summed E-state index contributed by atoms with van der Waals surface area (Å²) in [6, 6.07) is 0. The fraction of sp³-hybridized carbons (Fsp3) is 1.00. The molecule has 0 bridgehead atoms. The van der Waals surface area contributed by atoms with Crippen molar-refractivity contribution in [1.29, 1.82) is 0 Å². The average Bonchev–Trinajstić information content (AvgIpc) is 2.98. The van der Waals surface area contributed by atoms with Crippen LogP contribution in [0.1, 0.15) is 77.6 Å². The van der Waals surface area contributed by atoms with Gasteiger partial charge in [-0.05, 0) is 6.42 Å². The van der Waals surface area contributed by atoms with Gasteiger partial charge in [-0.2, -0.15) is 0 Å². The highest BCUT2D eigenvalue weighted by Crippen LogP contribution is 2.11. The van der Waals surface area contributed by atoms with Crippen LogP contribution in [0.3, 0.4) is 0 Å². The second kappa shape index (κ2) is 40.4. The van der Waals surface area contributed by atoms with Gasteiger partial charge in [-0.1, -0.05) is 93.7 Å². The maximum atomic E-state index is 5.65.